The van der Waals surface area contributed by atoms with Gasteiger partial charge in [-0.1, -0.05) is 6.42 Å². The number of ether oxygens (including phenoxy) is 2. The molecule has 1 aliphatic carbocycles. The molecule has 0 unspecified atom stereocenters. The Bertz CT molecular complexity index is 1100. The average Bonchev–Trinajstić information content (AvgIpc) is 3.06. The Kier molecular flexibility index (Phi) is 7.08. The van der Waals surface area contributed by atoms with Gasteiger partial charge < -0.3 is 9.47 Å². The molecule has 1 heterocycles. The number of esters is 2. The highest BCUT2D eigenvalue weighted by Crippen LogP contribution is 2.29. The summed E-state index contributed by atoms with van der Waals surface area (Å²) in [5.41, 5.74) is 2.92. The van der Waals surface area contributed by atoms with Gasteiger partial charge in [0.15, 0.2) is 0 Å². The zero-order chi connectivity index (χ0) is 22.6. The molecule has 31 heavy (non-hydrogen) atoms. The largest absolute Gasteiger partial charge is 0.465 e. The van der Waals surface area contributed by atoms with E-state index in [0.717, 1.165) is 68.9 Å². The number of benzene rings is 1. The molecule has 2 aromatic rings. The van der Waals surface area contributed by atoms with Crippen molar-refractivity contribution in [1.29, 1.82) is 0 Å². The fourth-order valence-corrected chi connectivity index (χ4v) is 5.49. The molecule has 0 saturated carbocycles. The quantitative estimate of drug-likeness (QED) is 0.379. The van der Waals surface area contributed by atoms with E-state index in [1.165, 1.54) is 17.4 Å². The van der Waals surface area contributed by atoms with Gasteiger partial charge in [0.2, 0.25) is 0 Å². The van der Waals surface area contributed by atoms with Crippen LogP contribution in [-0.2, 0) is 32.3 Å². The van der Waals surface area contributed by atoms with Crippen LogP contribution in [0.25, 0.3) is 0 Å². The number of rotatable bonds is 6. The molecule has 2 N–H and O–H groups in total. The fraction of sp³-hybridized carbons (Fsp3) is 0.350. The Morgan fingerprint density at radius 1 is 0.968 bits per heavy atom. The number of carbonyl (C=O) groups is 3. The normalized spacial score (nSPS) is 13.6. The number of hydrazine groups is 1. The maximum atomic E-state index is 12.8. The first-order chi connectivity index (χ1) is 14.8. The van der Waals surface area contributed by atoms with Gasteiger partial charge in [0.05, 0.1) is 35.1 Å². The first-order valence-corrected chi connectivity index (χ1v) is 11.8. The maximum absolute atomic E-state index is 12.8. The lowest BCUT2D eigenvalue weighted by molar-refractivity contribution is 0.0583. The van der Waals surface area contributed by atoms with E-state index in [0.29, 0.717) is 4.88 Å². The van der Waals surface area contributed by atoms with Gasteiger partial charge in [0, 0.05) is 4.88 Å². The number of aryl methyl sites for hydroxylation is 2. The zero-order valence-corrected chi connectivity index (χ0v) is 18.7. The Morgan fingerprint density at radius 2 is 1.68 bits per heavy atom. The summed E-state index contributed by atoms with van der Waals surface area (Å²) in [5.74, 6) is -2.30. The second-order valence-electron chi connectivity index (χ2n) is 6.87. The van der Waals surface area contributed by atoms with E-state index in [9.17, 15) is 22.8 Å². The molecule has 0 radical (unpaired) electrons. The molecular formula is C20H22N2O7S2. The van der Waals surface area contributed by atoms with Crippen molar-refractivity contribution in [3.8, 4) is 0 Å². The number of amides is 1. The molecular weight excluding hydrogens is 444 g/mol. The maximum Gasteiger partial charge on any atom is 0.339 e. The predicted octanol–water partition coefficient (Wildman–Crippen LogP) is 2.21. The van der Waals surface area contributed by atoms with Gasteiger partial charge in [0.25, 0.3) is 15.9 Å². The summed E-state index contributed by atoms with van der Waals surface area (Å²) in [6.45, 7) is 0. The van der Waals surface area contributed by atoms with Crippen LogP contribution >= 0.6 is 11.3 Å². The number of methoxy groups -OCH3 is 2. The van der Waals surface area contributed by atoms with Crippen molar-refractivity contribution in [3.05, 3.63) is 50.7 Å². The third-order valence-electron chi connectivity index (χ3n) is 4.87. The van der Waals surface area contributed by atoms with Crippen molar-refractivity contribution in [3.63, 3.8) is 0 Å². The van der Waals surface area contributed by atoms with Gasteiger partial charge in [-0.3, -0.25) is 10.2 Å². The number of carbonyl (C=O) groups excluding carboxylic acids is 3. The van der Waals surface area contributed by atoms with Gasteiger partial charge in [-0.15, -0.1) is 16.2 Å². The van der Waals surface area contributed by atoms with Crippen molar-refractivity contribution in [2.45, 2.75) is 37.0 Å². The molecule has 0 bridgehead atoms. The van der Waals surface area contributed by atoms with Crippen LogP contribution in [0.5, 0.6) is 0 Å². The van der Waals surface area contributed by atoms with Crippen LogP contribution < -0.4 is 10.3 Å². The van der Waals surface area contributed by atoms with Crippen LogP contribution in [0.1, 0.15) is 60.1 Å². The van der Waals surface area contributed by atoms with Crippen molar-refractivity contribution < 1.29 is 32.3 Å². The van der Waals surface area contributed by atoms with Gasteiger partial charge >= 0.3 is 11.9 Å². The number of hydrogen-bond acceptors (Lipinski definition) is 8. The van der Waals surface area contributed by atoms with Gasteiger partial charge in [-0.05, 0) is 55.5 Å². The van der Waals surface area contributed by atoms with Crippen molar-refractivity contribution in [1.82, 2.24) is 10.3 Å². The molecule has 166 valence electrons. The van der Waals surface area contributed by atoms with Crippen LogP contribution in [0.2, 0.25) is 0 Å². The summed E-state index contributed by atoms with van der Waals surface area (Å²) in [7, 11) is -2.16. The molecule has 0 atom stereocenters. The third-order valence-corrected chi connectivity index (χ3v) is 7.39. The van der Waals surface area contributed by atoms with E-state index in [4.69, 9.17) is 0 Å². The Balaban J connectivity index is 1.83. The van der Waals surface area contributed by atoms with Crippen LogP contribution in [0, 0.1) is 0 Å². The average molecular weight is 467 g/mol. The highest BCUT2D eigenvalue weighted by molar-refractivity contribution is 7.89. The van der Waals surface area contributed by atoms with E-state index in [1.807, 2.05) is 4.83 Å². The highest BCUT2D eigenvalue weighted by atomic mass is 32.2. The van der Waals surface area contributed by atoms with Crippen LogP contribution in [0.15, 0.2) is 29.2 Å². The van der Waals surface area contributed by atoms with Crippen LogP contribution in [-0.4, -0.2) is 40.5 Å². The summed E-state index contributed by atoms with van der Waals surface area (Å²) >= 11 is 1.34. The molecule has 0 aliphatic heterocycles. The highest BCUT2D eigenvalue weighted by Gasteiger charge is 2.26. The molecule has 1 aliphatic rings. The molecule has 0 saturated heterocycles. The molecule has 0 fully saturated rings. The molecule has 11 heteroatoms. The van der Waals surface area contributed by atoms with E-state index in [-0.39, 0.29) is 11.1 Å². The smallest absolute Gasteiger partial charge is 0.339 e. The van der Waals surface area contributed by atoms with Crippen LogP contribution in [0.4, 0.5) is 0 Å². The van der Waals surface area contributed by atoms with Crippen LogP contribution in [0.3, 0.4) is 0 Å². The number of sulfonamides is 1. The number of hydrogen-bond donors (Lipinski definition) is 2. The Labute approximate surface area is 183 Å². The summed E-state index contributed by atoms with van der Waals surface area (Å²) < 4.78 is 34.9. The minimum Gasteiger partial charge on any atom is -0.465 e. The van der Waals surface area contributed by atoms with Crippen molar-refractivity contribution in [2.24, 2.45) is 0 Å². The second-order valence-corrected chi connectivity index (χ2v) is 9.66. The lowest BCUT2D eigenvalue weighted by atomic mass is 10.1. The lowest BCUT2D eigenvalue weighted by Crippen LogP contribution is -2.41. The minimum atomic E-state index is -4.41. The molecule has 0 spiro atoms. The number of thiophene rings is 1. The van der Waals surface area contributed by atoms with E-state index in [1.54, 1.807) is 6.07 Å². The zero-order valence-electron chi connectivity index (χ0n) is 17.0. The lowest BCUT2D eigenvalue weighted by Gasteiger charge is -2.12. The Hall–Kier alpha value is -2.76. The minimum absolute atomic E-state index is 0.0798. The van der Waals surface area contributed by atoms with Crippen molar-refractivity contribution in [2.75, 3.05) is 14.2 Å². The summed E-state index contributed by atoms with van der Waals surface area (Å²) in [4.78, 5) is 39.3. The third kappa shape index (κ3) is 5.12. The monoisotopic (exact) mass is 466 g/mol. The van der Waals surface area contributed by atoms with Gasteiger partial charge in [-0.2, -0.15) is 0 Å². The van der Waals surface area contributed by atoms with Gasteiger partial charge in [0.1, 0.15) is 0 Å². The SMILES string of the molecule is COC(=O)c1ccc(C(=O)OC)c(S(=O)(=O)NNC(=O)c2cc3c(s2)CCCCC3)c1. The molecule has 1 amide bonds. The molecule has 9 nitrogen and oxygen atoms in total. The first-order valence-electron chi connectivity index (χ1n) is 9.51. The summed E-state index contributed by atoms with van der Waals surface area (Å²) in [5, 5.41) is 0. The van der Waals surface area contributed by atoms with E-state index >= 15 is 0 Å². The summed E-state index contributed by atoms with van der Waals surface area (Å²) in [6, 6.07) is 5.16. The van der Waals surface area contributed by atoms with Crippen molar-refractivity contribution >= 4 is 39.2 Å². The molecule has 1 aromatic heterocycles. The number of fused-ring (bicyclic) bond motifs is 1. The predicted molar refractivity (Wildman–Crippen MR) is 112 cm³/mol. The number of nitrogens with one attached hydrogen (secondary N) is 2. The standard InChI is InChI=1S/C20H22N2O7S2/c1-28-19(24)13-8-9-14(20(25)29-2)17(11-13)31(26,27)22-21-18(23)16-10-12-6-4-3-5-7-15(12)30-16/h8-11,22H,3-7H2,1-2H3,(H,21,23). The molecule has 1 aromatic carbocycles. The summed E-state index contributed by atoms with van der Waals surface area (Å²) in [6.07, 6.45) is 5.07. The molecule has 3 rings (SSSR count). The Morgan fingerprint density at radius 3 is 2.39 bits per heavy atom. The topological polar surface area (TPSA) is 128 Å². The fourth-order valence-electron chi connectivity index (χ4n) is 3.28. The first kappa shape index (κ1) is 22.9. The van der Waals surface area contributed by atoms with Gasteiger partial charge in [-0.25, -0.2) is 18.0 Å². The second kappa shape index (κ2) is 9.58. The van der Waals surface area contributed by atoms with E-state index in [2.05, 4.69) is 14.9 Å². The van der Waals surface area contributed by atoms with E-state index < -0.39 is 32.8 Å².